The highest BCUT2D eigenvalue weighted by molar-refractivity contribution is 5.94. The van der Waals surface area contributed by atoms with E-state index in [2.05, 4.69) is 9.97 Å². The van der Waals surface area contributed by atoms with Gasteiger partial charge in [0.1, 0.15) is 17.6 Å². The molecule has 0 aliphatic carbocycles. The number of nitrogens with zero attached hydrogens (tertiary/aromatic N) is 3. The lowest BCUT2D eigenvalue weighted by molar-refractivity contribution is 0.0587. The van der Waals surface area contributed by atoms with Crippen LogP contribution >= 0.6 is 0 Å². The fraction of sp³-hybridized carbons (Fsp3) is 0.227. The third-order valence-corrected chi connectivity index (χ3v) is 4.64. The van der Waals surface area contributed by atoms with Crippen molar-refractivity contribution in [3.05, 3.63) is 78.8 Å². The molecule has 6 heteroatoms. The number of para-hydroxylation sites is 1. The van der Waals surface area contributed by atoms with Crippen LogP contribution in [-0.2, 0) is 0 Å². The smallest absolute Gasteiger partial charge is 0.253 e. The second-order valence-electron chi connectivity index (χ2n) is 6.59. The van der Waals surface area contributed by atoms with Gasteiger partial charge in [0.05, 0.1) is 6.20 Å². The van der Waals surface area contributed by atoms with E-state index in [0.29, 0.717) is 30.3 Å². The Hall–Kier alpha value is -3.41. The summed E-state index contributed by atoms with van der Waals surface area (Å²) in [6.07, 6.45) is 6.44. The van der Waals surface area contributed by atoms with Crippen LogP contribution in [0.15, 0.2) is 73.2 Å². The summed E-state index contributed by atoms with van der Waals surface area (Å²) in [7, 11) is 0. The highest BCUT2D eigenvalue weighted by Gasteiger charge is 2.25. The van der Waals surface area contributed by atoms with Gasteiger partial charge >= 0.3 is 0 Å². The van der Waals surface area contributed by atoms with Crippen LogP contribution in [-0.4, -0.2) is 40.0 Å². The molecule has 1 aliphatic heterocycles. The maximum Gasteiger partial charge on any atom is 0.253 e. The van der Waals surface area contributed by atoms with Crippen molar-refractivity contribution >= 4 is 5.91 Å². The first kappa shape index (κ1) is 18.0. The number of aromatic nitrogens is 2. The molecule has 1 saturated heterocycles. The number of rotatable bonds is 5. The Labute approximate surface area is 163 Å². The lowest BCUT2D eigenvalue weighted by Crippen LogP contribution is -2.41. The number of carbonyl (C=O) groups excluding carboxylic acids is 1. The summed E-state index contributed by atoms with van der Waals surface area (Å²) in [5.41, 5.74) is 0.661. The highest BCUT2D eigenvalue weighted by atomic mass is 16.5. The zero-order chi connectivity index (χ0) is 19.2. The van der Waals surface area contributed by atoms with Gasteiger partial charge in [0, 0.05) is 43.9 Å². The SMILES string of the molecule is O=C(c1ccc(Oc2ccccc2)cc1)N1CCC(Oc2cnccn2)CC1. The molecule has 1 amide bonds. The molecule has 6 nitrogen and oxygen atoms in total. The first-order chi connectivity index (χ1) is 13.8. The van der Waals surface area contributed by atoms with Gasteiger partial charge in [-0.1, -0.05) is 18.2 Å². The number of ether oxygens (including phenoxy) is 2. The third kappa shape index (κ3) is 4.46. The van der Waals surface area contributed by atoms with E-state index in [4.69, 9.17) is 9.47 Å². The Balaban J connectivity index is 1.31. The molecule has 1 aliphatic rings. The molecule has 0 spiro atoms. The summed E-state index contributed by atoms with van der Waals surface area (Å²) in [6.45, 7) is 1.32. The highest BCUT2D eigenvalue weighted by Crippen LogP contribution is 2.23. The van der Waals surface area contributed by atoms with Crippen molar-refractivity contribution in [2.45, 2.75) is 18.9 Å². The van der Waals surface area contributed by atoms with Crippen LogP contribution in [0.3, 0.4) is 0 Å². The minimum Gasteiger partial charge on any atom is -0.473 e. The second-order valence-corrected chi connectivity index (χ2v) is 6.59. The number of benzene rings is 2. The molecule has 3 aromatic rings. The van der Waals surface area contributed by atoms with Crippen molar-refractivity contribution < 1.29 is 14.3 Å². The topological polar surface area (TPSA) is 64.5 Å². The monoisotopic (exact) mass is 375 g/mol. The van der Waals surface area contributed by atoms with E-state index in [1.165, 1.54) is 0 Å². The predicted molar refractivity (Wildman–Crippen MR) is 105 cm³/mol. The van der Waals surface area contributed by atoms with Gasteiger partial charge < -0.3 is 14.4 Å². The van der Waals surface area contributed by atoms with Gasteiger partial charge in [0.2, 0.25) is 5.88 Å². The number of hydrogen-bond acceptors (Lipinski definition) is 5. The maximum atomic E-state index is 12.8. The summed E-state index contributed by atoms with van der Waals surface area (Å²) in [6, 6.07) is 16.8. The van der Waals surface area contributed by atoms with Crippen LogP contribution in [0.4, 0.5) is 0 Å². The second kappa shape index (κ2) is 8.52. The lowest BCUT2D eigenvalue weighted by Gasteiger charge is -2.32. The van der Waals surface area contributed by atoms with Gasteiger partial charge in [0.25, 0.3) is 5.91 Å². The summed E-state index contributed by atoms with van der Waals surface area (Å²) in [5, 5.41) is 0. The van der Waals surface area contributed by atoms with Crippen molar-refractivity contribution in [3.8, 4) is 17.4 Å². The molecule has 0 unspecified atom stereocenters. The van der Waals surface area contributed by atoms with Crippen LogP contribution < -0.4 is 9.47 Å². The molecular weight excluding hydrogens is 354 g/mol. The van der Waals surface area contributed by atoms with Crippen molar-refractivity contribution in [2.75, 3.05) is 13.1 Å². The van der Waals surface area contributed by atoms with Crippen LogP contribution in [0.2, 0.25) is 0 Å². The fourth-order valence-corrected chi connectivity index (χ4v) is 3.17. The van der Waals surface area contributed by atoms with E-state index >= 15 is 0 Å². The molecule has 0 radical (unpaired) electrons. The molecule has 0 N–H and O–H groups in total. The number of piperidine rings is 1. The molecule has 28 heavy (non-hydrogen) atoms. The average Bonchev–Trinajstić information content (AvgIpc) is 2.76. The van der Waals surface area contributed by atoms with Gasteiger partial charge in [-0.15, -0.1) is 0 Å². The first-order valence-corrected chi connectivity index (χ1v) is 9.33. The Morgan fingerprint density at radius 1 is 0.929 bits per heavy atom. The molecule has 0 bridgehead atoms. The van der Waals surface area contributed by atoms with Crippen LogP contribution in [0, 0.1) is 0 Å². The molecule has 4 rings (SSSR count). The van der Waals surface area contributed by atoms with Crippen LogP contribution in [0.5, 0.6) is 17.4 Å². The fourth-order valence-electron chi connectivity index (χ4n) is 3.17. The zero-order valence-electron chi connectivity index (χ0n) is 15.4. The Morgan fingerprint density at radius 3 is 2.32 bits per heavy atom. The van der Waals surface area contributed by atoms with Gasteiger partial charge in [-0.05, 0) is 36.4 Å². The molecule has 1 fully saturated rings. The van der Waals surface area contributed by atoms with Crippen LogP contribution in [0.25, 0.3) is 0 Å². The normalized spacial score (nSPS) is 14.5. The van der Waals surface area contributed by atoms with Gasteiger partial charge in [-0.25, -0.2) is 4.98 Å². The van der Waals surface area contributed by atoms with E-state index < -0.39 is 0 Å². The zero-order valence-corrected chi connectivity index (χ0v) is 15.4. The Kier molecular flexibility index (Phi) is 5.47. The third-order valence-electron chi connectivity index (χ3n) is 4.64. The largest absolute Gasteiger partial charge is 0.473 e. The van der Waals surface area contributed by atoms with Crippen molar-refractivity contribution in [1.82, 2.24) is 14.9 Å². The van der Waals surface area contributed by atoms with Crippen molar-refractivity contribution in [3.63, 3.8) is 0 Å². The van der Waals surface area contributed by atoms with Gasteiger partial charge in [-0.2, -0.15) is 0 Å². The molecule has 142 valence electrons. The van der Waals surface area contributed by atoms with E-state index in [0.717, 1.165) is 18.6 Å². The number of hydrogen-bond donors (Lipinski definition) is 0. The van der Waals surface area contributed by atoms with Crippen molar-refractivity contribution in [1.29, 1.82) is 0 Å². The van der Waals surface area contributed by atoms with E-state index in [9.17, 15) is 4.79 Å². The van der Waals surface area contributed by atoms with E-state index in [1.807, 2.05) is 59.5 Å². The summed E-state index contributed by atoms with van der Waals surface area (Å²) in [4.78, 5) is 22.8. The minimum absolute atomic E-state index is 0.0317. The molecule has 0 saturated carbocycles. The Morgan fingerprint density at radius 2 is 1.64 bits per heavy atom. The molecule has 2 heterocycles. The average molecular weight is 375 g/mol. The quantitative estimate of drug-likeness (QED) is 0.676. The Bertz CT molecular complexity index is 893. The number of carbonyl (C=O) groups is 1. The van der Waals surface area contributed by atoms with Gasteiger partial charge in [-0.3, -0.25) is 9.78 Å². The van der Waals surface area contributed by atoms with E-state index in [-0.39, 0.29) is 12.0 Å². The number of amides is 1. The summed E-state index contributed by atoms with van der Waals surface area (Å²) < 4.78 is 11.6. The van der Waals surface area contributed by atoms with Crippen molar-refractivity contribution in [2.24, 2.45) is 0 Å². The molecule has 0 atom stereocenters. The molecule has 1 aromatic heterocycles. The predicted octanol–water partition coefficient (Wildman–Crippen LogP) is 3.95. The summed E-state index contributed by atoms with van der Waals surface area (Å²) >= 11 is 0. The van der Waals surface area contributed by atoms with Crippen LogP contribution in [0.1, 0.15) is 23.2 Å². The van der Waals surface area contributed by atoms with Gasteiger partial charge in [0.15, 0.2) is 0 Å². The maximum absolute atomic E-state index is 12.8. The molecular formula is C22H21N3O3. The first-order valence-electron chi connectivity index (χ1n) is 9.33. The van der Waals surface area contributed by atoms with E-state index in [1.54, 1.807) is 18.6 Å². The summed E-state index contributed by atoms with van der Waals surface area (Å²) in [5.74, 6) is 2.04. The lowest BCUT2D eigenvalue weighted by atomic mass is 10.1. The minimum atomic E-state index is 0.0317. The molecule has 2 aromatic carbocycles. The number of likely N-dealkylation sites (tertiary alicyclic amines) is 1. The standard InChI is InChI=1S/C22H21N3O3/c26-22(17-6-8-19(9-7-17)27-18-4-2-1-3-5-18)25-14-10-20(11-15-25)28-21-16-23-12-13-24-21/h1-9,12-13,16,20H,10-11,14-15H2.